The van der Waals surface area contributed by atoms with Gasteiger partial charge in [0, 0.05) is 13.0 Å². The highest BCUT2D eigenvalue weighted by atomic mass is 16.5. The Balaban J connectivity index is 2.36. The van der Waals surface area contributed by atoms with Gasteiger partial charge in [-0.1, -0.05) is 12.8 Å². The number of carbonyl (C=O) groups excluding carboxylic acids is 1. The standard InChI is InChI=1S/C12H18O4/c1-15-12(14)10-7-9-16-11(10)6-4-2-3-5-8-13/h7,9,13H,2-6,8H2,1H3. The molecule has 0 saturated heterocycles. The summed E-state index contributed by atoms with van der Waals surface area (Å²) < 4.78 is 9.89. The van der Waals surface area contributed by atoms with Crippen LogP contribution in [0.25, 0.3) is 0 Å². The van der Waals surface area contributed by atoms with Crippen LogP contribution in [0.15, 0.2) is 16.7 Å². The van der Waals surface area contributed by atoms with Crippen molar-refractivity contribution in [1.29, 1.82) is 0 Å². The molecule has 0 fully saturated rings. The van der Waals surface area contributed by atoms with Crippen molar-refractivity contribution in [3.63, 3.8) is 0 Å². The molecule has 0 aliphatic carbocycles. The van der Waals surface area contributed by atoms with Gasteiger partial charge in [0.05, 0.1) is 13.4 Å². The summed E-state index contributed by atoms with van der Waals surface area (Å²) in [6.45, 7) is 0.244. The van der Waals surface area contributed by atoms with E-state index in [2.05, 4.69) is 4.74 Å². The van der Waals surface area contributed by atoms with E-state index >= 15 is 0 Å². The van der Waals surface area contributed by atoms with E-state index < -0.39 is 0 Å². The Hall–Kier alpha value is -1.29. The van der Waals surface area contributed by atoms with Gasteiger partial charge in [-0.05, 0) is 18.9 Å². The molecule has 0 aromatic carbocycles. The Morgan fingerprint density at radius 1 is 1.38 bits per heavy atom. The molecule has 0 aliphatic heterocycles. The van der Waals surface area contributed by atoms with Gasteiger partial charge in [0.15, 0.2) is 0 Å². The molecule has 1 aromatic heterocycles. The van der Waals surface area contributed by atoms with E-state index in [0.29, 0.717) is 11.3 Å². The highest BCUT2D eigenvalue weighted by Crippen LogP contribution is 2.15. The quantitative estimate of drug-likeness (QED) is 0.571. The van der Waals surface area contributed by atoms with Gasteiger partial charge in [-0.3, -0.25) is 0 Å². The molecule has 90 valence electrons. The summed E-state index contributed by atoms with van der Waals surface area (Å²) >= 11 is 0. The normalized spacial score (nSPS) is 10.4. The first-order valence-electron chi connectivity index (χ1n) is 5.55. The van der Waals surface area contributed by atoms with Crippen LogP contribution in [0.2, 0.25) is 0 Å². The number of unbranched alkanes of at least 4 members (excludes halogenated alkanes) is 3. The molecule has 0 atom stereocenters. The van der Waals surface area contributed by atoms with Crippen LogP contribution >= 0.6 is 0 Å². The fourth-order valence-corrected chi connectivity index (χ4v) is 1.58. The van der Waals surface area contributed by atoms with Crippen molar-refractivity contribution in [3.8, 4) is 0 Å². The van der Waals surface area contributed by atoms with E-state index in [4.69, 9.17) is 9.52 Å². The third-order valence-corrected chi connectivity index (χ3v) is 2.46. The zero-order valence-corrected chi connectivity index (χ0v) is 9.57. The van der Waals surface area contributed by atoms with Crippen molar-refractivity contribution in [2.45, 2.75) is 32.1 Å². The fraction of sp³-hybridized carbons (Fsp3) is 0.583. The topological polar surface area (TPSA) is 59.7 Å². The van der Waals surface area contributed by atoms with Crippen LogP contribution in [0, 0.1) is 0 Å². The summed E-state index contributed by atoms with van der Waals surface area (Å²) in [4.78, 5) is 11.3. The monoisotopic (exact) mass is 226 g/mol. The average molecular weight is 226 g/mol. The van der Waals surface area contributed by atoms with Crippen molar-refractivity contribution in [2.24, 2.45) is 0 Å². The first kappa shape index (κ1) is 12.8. The van der Waals surface area contributed by atoms with Crippen molar-refractivity contribution in [2.75, 3.05) is 13.7 Å². The summed E-state index contributed by atoms with van der Waals surface area (Å²) in [5, 5.41) is 8.62. The van der Waals surface area contributed by atoms with Gasteiger partial charge in [-0.15, -0.1) is 0 Å². The first-order valence-corrected chi connectivity index (χ1v) is 5.55. The second kappa shape index (κ2) is 7.06. The van der Waals surface area contributed by atoms with Crippen molar-refractivity contribution in [3.05, 3.63) is 23.7 Å². The molecule has 0 aliphatic rings. The molecule has 0 unspecified atom stereocenters. The van der Waals surface area contributed by atoms with Crippen LogP contribution in [0.4, 0.5) is 0 Å². The summed E-state index contributed by atoms with van der Waals surface area (Å²) in [6, 6.07) is 1.63. The second-order valence-electron chi connectivity index (χ2n) is 3.64. The van der Waals surface area contributed by atoms with Crippen LogP contribution in [0.3, 0.4) is 0 Å². The molecular formula is C12H18O4. The summed E-state index contributed by atoms with van der Waals surface area (Å²) in [6.07, 6.45) is 6.07. The molecule has 1 aromatic rings. The van der Waals surface area contributed by atoms with Gasteiger partial charge in [-0.25, -0.2) is 4.79 Å². The fourth-order valence-electron chi connectivity index (χ4n) is 1.58. The maximum atomic E-state index is 11.3. The molecule has 1 heterocycles. The van der Waals surface area contributed by atoms with Crippen molar-refractivity contribution in [1.82, 2.24) is 0 Å². The number of esters is 1. The third-order valence-electron chi connectivity index (χ3n) is 2.46. The Morgan fingerprint density at radius 2 is 2.12 bits per heavy atom. The predicted molar refractivity (Wildman–Crippen MR) is 59.3 cm³/mol. The Morgan fingerprint density at radius 3 is 2.81 bits per heavy atom. The molecule has 1 N–H and O–H groups in total. The van der Waals surface area contributed by atoms with Gasteiger partial charge in [0.2, 0.25) is 0 Å². The zero-order valence-electron chi connectivity index (χ0n) is 9.57. The van der Waals surface area contributed by atoms with Crippen LogP contribution in [0.5, 0.6) is 0 Å². The number of aliphatic hydroxyl groups is 1. The van der Waals surface area contributed by atoms with Gasteiger partial charge in [0.1, 0.15) is 11.3 Å². The van der Waals surface area contributed by atoms with E-state index in [1.165, 1.54) is 13.4 Å². The number of aryl methyl sites for hydroxylation is 1. The van der Waals surface area contributed by atoms with E-state index in [-0.39, 0.29) is 12.6 Å². The van der Waals surface area contributed by atoms with Crippen LogP contribution < -0.4 is 0 Å². The molecule has 4 nitrogen and oxygen atoms in total. The van der Waals surface area contributed by atoms with Gasteiger partial charge >= 0.3 is 5.97 Å². The minimum atomic E-state index is -0.348. The molecule has 0 spiro atoms. The van der Waals surface area contributed by atoms with Crippen LogP contribution in [-0.4, -0.2) is 24.8 Å². The number of carbonyl (C=O) groups is 1. The van der Waals surface area contributed by atoms with Gasteiger partial charge in [0.25, 0.3) is 0 Å². The molecule has 1 rings (SSSR count). The third kappa shape index (κ3) is 3.70. The van der Waals surface area contributed by atoms with Crippen molar-refractivity contribution < 1.29 is 19.1 Å². The van der Waals surface area contributed by atoms with E-state index in [1.54, 1.807) is 6.07 Å². The summed E-state index contributed by atoms with van der Waals surface area (Å²) in [5.74, 6) is 0.343. The lowest BCUT2D eigenvalue weighted by atomic mass is 10.1. The number of ether oxygens (including phenoxy) is 1. The first-order chi connectivity index (χ1) is 7.79. The van der Waals surface area contributed by atoms with E-state index in [0.717, 1.165) is 32.1 Å². The number of methoxy groups -OCH3 is 1. The van der Waals surface area contributed by atoms with Crippen molar-refractivity contribution >= 4 is 5.97 Å². The largest absolute Gasteiger partial charge is 0.468 e. The molecule has 16 heavy (non-hydrogen) atoms. The maximum absolute atomic E-state index is 11.3. The molecule has 4 heteroatoms. The number of hydrogen-bond donors (Lipinski definition) is 1. The smallest absolute Gasteiger partial charge is 0.341 e. The number of rotatable bonds is 7. The molecule has 0 bridgehead atoms. The minimum Gasteiger partial charge on any atom is -0.468 e. The Labute approximate surface area is 95.2 Å². The molecule has 0 saturated carbocycles. The summed E-state index contributed by atoms with van der Waals surface area (Å²) in [7, 11) is 1.36. The van der Waals surface area contributed by atoms with E-state index in [1.807, 2.05) is 0 Å². The molecular weight excluding hydrogens is 208 g/mol. The lowest BCUT2D eigenvalue weighted by Crippen LogP contribution is -2.03. The molecule has 0 amide bonds. The van der Waals surface area contributed by atoms with Crippen LogP contribution in [-0.2, 0) is 11.2 Å². The molecule has 0 radical (unpaired) electrons. The van der Waals surface area contributed by atoms with E-state index in [9.17, 15) is 4.79 Å². The van der Waals surface area contributed by atoms with Gasteiger partial charge < -0.3 is 14.3 Å². The maximum Gasteiger partial charge on any atom is 0.341 e. The zero-order chi connectivity index (χ0) is 11.8. The number of hydrogen-bond acceptors (Lipinski definition) is 4. The lowest BCUT2D eigenvalue weighted by molar-refractivity contribution is 0.0598. The SMILES string of the molecule is COC(=O)c1ccoc1CCCCCCO. The number of furan rings is 1. The number of aliphatic hydroxyl groups excluding tert-OH is 1. The Kier molecular flexibility index (Phi) is 5.64. The summed E-state index contributed by atoms with van der Waals surface area (Å²) in [5.41, 5.74) is 0.518. The highest BCUT2D eigenvalue weighted by Gasteiger charge is 2.14. The predicted octanol–water partition coefficient (Wildman–Crippen LogP) is 2.16. The second-order valence-corrected chi connectivity index (χ2v) is 3.64. The lowest BCUT2D eigenvalue weighted by Gasteiger charge is -2.01. The Bertz CT molecular complexity index is 317. The highest BCUT2D eigenvalue weighted by molar-refractivity contribution is 5.90. The minimum absolute atomic E-state index is 0.244. The van der Waals surface area contributed by atoms with Gasteiger partial charge in [-0.2, -0.15) is 0 Å². The average Bonchev–Trinajstić information content (AvgIpc) is 2.76. The van der Waals surface area contributed by atoms with Crippen LogP contribution in [0.1, 0.15) is 41.8 Å².